The van der Waals surface area contributed by atoms with E-state index in [4.69, 9.17) is 0 Å². The first-order valence-electron chi connectivity index (χ1n) is 3.96. The first-order chi connectivity index (χ1) is 6.09. The summed E-state index contributed by atoms with van der Waals surface area (Å²) >= 11 is 5.60. The number of thiazole rings is 1. The summed E-state index contributed by atoms with van der Waals surface area (Å²) in [6, 6.07) is 0. The Kier molecular flexibility index (Phi) is 3.74. The maximum absolute atomic E-state index is 11.1. The highest BCUT2D eigenvalue weighted by molar-refractivity contribution is 7.81. The molecule has 0 aliphatic carbocycles. The van der Waals surface area contributed by atoms with Crippen molar-refractivity contribution in [2.75, 3.05) is 0 Å². The van der Waals surface area contributed by atoms with Gasteiger partial charge in [-0.3, -0.25) is 4.79 Å². The molecule has 0 fully saturated rings. The Morgan fingerprint density at radius 2 is 2.54 bits per heavy atom. The summed E-state index contributed by atoms with van der Waals surface area (Å²) in [6.07, 6.45) is 0. The molecule has 1 aromatic rings. The second-order valence-electron chi connectivity index (χ2n) is 2.75. The molecule has 1 unspecified atom stereocenters. The molecule has 1 amide bonds. The molecule has 0 saturated heterocycles. The van der Waals surface area contributed by atoms with Gasteiger partial charge in [0.15, 0.2) is 0 Å². The minimum absolute atomic E-state index is 0.0611. The first kappa shape index (κ1) is 10.5. The molecule has 0 bridgehead atoms. The number of aromatic nitrogens is 1. The van der Waals surface area contributed by atoms with Crippen molar-refractivity contribution in [2.24, 2.45) is 0 Å². The van der Waals surface area contributed by atoms with E-state index in [0.717, 1.165) is 10.7 Å². The van der Waals surface area contributed by atoms with Gasteiger partial charge in [0.05, 0.1) is 22.5 Å². The van der Waals surface area contributed by atoms with Crippen LogP contribution in [0.4, 0.5) is 0 Å². The maximum atomic E-state index is 11.1. The lowest BCUT2D eigenvalue weighted by atomic mass is 10.4. The molecule has 0 aliphatic rings. The second kappa shape index (κ2) is 4.62. The van der Waals surface area contributed by atoms with E-state index in [-0.39, 0.29) is 11.2 Å². The smallest absolute Gasteiger partial charge is 0.232 e. The van der Waals surface area contributed by atoms with Gasteiger partial charge in [-0.1, -0.05) is 0 Å². The van der Waals surface area contributed by atoms with E-state index in [9.17, 15) is 4.79 Å². The van der Waals surface area contributed by atoms with E-state index in [1.54, 1.807) is 18.3 Å². The Bertz CT molecular complexity index is 296. The fourth-order valence-electron chi connectivity index (χ4n) is 0.815. The van der Waals surface area contributed by atoms with Crippen molar-refractivity contribution in [1.82, 2.24) is 10.3 Å². The van der Waals surface area contributed by atoms with Crippen LogP contribution in [0.3, 0.4) is 0 Å². The zero-order chi connectivity index (χ0) is 9.84. The Hall–Kier alpha value is -0.550. The first-order valence-corrected chi connectivity index (χ1v) is 5.36. The van der Waals surface area contributed by atoms with Crippen LogP contribution in [0.5, 0.6) is 0 Å². The van der Waals surface area contributed by atoms with E-state index in [2.05, 4.69) is 22.9 Å². The highest BCUT2D eigenvalue weighted by Gasteiger charge is 2.07. The molecule has 13 heavy (non-hydrogen) atoms. The van der Waals surface area contributed by atoms with Crippen molar-refractivity contribution in [3.8, 4) is 0 Å². The number of carbonyl (C=O) groups excluding carboxylic acids is 1. The van der Waals surface area contributed by atoms with Crippen molar-refractivity contribution in [2.45, 2.75) is 25.6 Å². The van der Waals surface area contributed by atoms with Crippen LogP contribution in [0, 0.1) is 6.92 Å². The number of aryl methyl sites for hydroxylation is 1. The van der Waals surface area contributed by atoms with Gasteiger partial charge in [0.25, 0.3) is 0 Å². The maximum Gasteiger partial charge on any atom is 0.232 e. The molecule has 1 heterocycles. The summed E-state index contributed by atoms with van der Waals surface area (Å²) in [5, 5.41) is 5.44. The molecule has 0 spiro atoms. The minimum Gasteiger partial charge on any atom is -0.349 e. The molecule has 5 heteroatoms. The van der Waals surface area contributed by atoms with Gasteiger partial charge in [0.2, 0.25) is 5.91 Å². The van der Waals surface area contributed by atoms with Crippen LogP contribution in [0.1, 0.15) is 17.6 Å². The Morgan fingerprint density at radius 3 is 3.00 bits per heavy atom. The predicted molar refractivity (Wildman–Crippen MR) is 57.1 cm³/mol. The largest absolute Gasteiger partial charge is 0.349 e. The van der Waals surface area contributed by atoms with Crippen LogP contribution >= 0.6 is 24.0 Å². The van der Waals surface area contributed by atoms with Crippen LogP contribution in [-0.2, 0) is 11.3 Å². The van der Waals surface area contributed by atoms with Crippen LogP contribution < -0.4 is 5.32 Å². The number of amides is 1. The summed E-state index contributed by atoms with van der Waals surface area (Å²) in [7, 11) is 0. The van der Waals surface area contributed by atoms with Crippen LogP contribution in [-0.4, -0.2) is 16.1 Å². The molecule has 3 nitrogen and oxygen atoms in total. The number of thiol groups is 1. The third-order valence-electron chi connectivity index (χ3n) is 1.49. The molecule has 72 valence electrons. The topological polar surface area (TPSA) is 42.0 Å². The van der Waals surface area contributed by atoms with Crippen molar-refractivity contribution in [3.63, 3.8) is 0 Å². The molecule has 1 rings (SSSR count). The number of nitrogens with one attached hydrogen (secondary N) is 1. The highest BCUT2D eigenvalue weighted by Crippen LogP contribution is 2.07. The van der Waals surface area contributed by atoms with Gasteiger partial charge < -0.3 is 5.32 Å². The monoisotopic (exact) mass is 216 g/mol. The summed E-state index contributed by atoms with van der Waals surface area (Å²) in [5.74, 6) is -0.0611. The van der Waals surface area contributed by atoms with E-state index in [0.29, 0.717) is 6.54 Å². The summed E-state index contributed by atoms with van der Waals surface area (Å²) in [5.41, 5.74) is 0.907. The van der Waals surface area contributed by atoms with Gasteiger partial charge in [0.1, 0.15) is 0 Å². The molecular formula is C8H12N2OS2. The van der Waals surface area contributed by atoms with Crippen molar-refractivity contribution in [1.29, 1.82) is 0 Å². The van der Waals surface area contributed by atoms with Crippen LogP contribution in [0.25, 0.3) is 0 Å². The van der Waals surface area contributed by atoms with Gasteiger partial charge >= 0.3 is 0 Å². The average molecular weight is 216 g/mol. The van der Waals surface area contributed by atoms with Gasteiger partial charge in [-0.25, -0.2) is 4.98 Å². The summed E-state index contributed by atoms with van der Waals surface area (Å²) in [6.45, 7) is 4.18. The lowest BCUT2D eigenvalue weighted by Gasteiger charge is -2.04. The third kappa shape index (κ3) is 3.36. The Labute approximate surface area is 87.0 Å². The quantitative estimate of drug-likeness (QED) is 0.750. The zero-order valence-electron chi connectivity index (χ0n) is 7.57. The van der Waals surface area contributed by atoms with Crippen molar-refractivity contribution >= 4 is 29.9 Å². The van der Waals surface area contributed by atoms with Crippen LogP contribution in [0.15, 0.2) is 5.38 Å². The third-order valence-corrected chi connectivity index (χ3v) is 2.55. The zero-order valence-corrected chi connectivity index (χ0v) is 9.28. The molecular weight excluding hydrogens is 204 g/mol. The molecule has 0 saturated carbocycles. The number of nitrogens with zero attached hydrogens (tertiary/aromatic N) is 1. The van der Waals surface area contributed by atoms with Crippen LogP contribution in [0.2, 0.25) is 0 Å². The number of carbonyl (C=O) groups is 1. The van der Waals surface area contributed by atoms with E-state index in [1.165, 1.54) is 0 Å². The molecule has 1 aromatic heterocycles. The van der Waals surface area contributed by atoms with Gasteiger partial charge in [-0.15, -0.1) is 11.3 Å². The Balaban J connectivity index is 2.39. The average Bonchev–Trinajstić information content (AvgIpc) is 2.47. The van der Waals surface area contributed by atoms with E-state index in [1.807, 2.05) is 12.3 Å². The summed E-state index contributed by atoms with van der Waals surface area (Å²) in [4.78, 5) is 15.3. The number of hydrogen-bond donors (Lipinski definition) is 2. The number of hydrogen-bond acceptors (Lipinski definition) is 4. The molecule has 0 aromatic carbocycles. The SMILES string of the molecule is Cc1nc(CNC(=O)C(C)S)cs1. The fraction of sp³-hybridized carbons (Fsp3) is 0.500. The van der Waals surface area contributed by atoms with Crippen molar-refractivity contribution < 1.29 is 4.79 Å². The lowest BCUT2D eigenvalue weighted by Crippen LogP contribution is -2.29. The van der Waals surface area contributed by atoms with E-state index < -0.39 is 0 Å². The predicted octanol–water partition coefficient (Wildman–Crippen LogP) is 1.39. The highest BCUT2D eigenvalue weighted by atomic mass is 32.1. The summed E-state index contributed by atoms with van der Waals surface area (Å²) < 4.78 is 0. The van der Waals surface area contributed by atoms with Gasteiger partial charge in [-0.05, 0) is 13.8 Å². The van der Waals surface area contributed by atoms with Gasteiger partial charge in [-0.2, -0.15) is 12.6 Å². The van der Waals surface area contributed by atoms with Crippen molar-refractivity contribution in [3.05, 3.63) is 16.1 Å². The normalized spacial score (nSPS) is 12.5. The van der Waals surface area contributed by atoms with Gasteiger partial charge in [0, 0.05) is 5.38 Å². The molecule has 1 atom stereocenters. The second-order valence-corrected chi connectivity index (χ2v) is 4.59. The lowest BCUT2D eigenvalue weighted by molar-refractivity contribution is -0.120. The molecule has 0 aliphatic heterocycles. The molecule has 1 N–H and O–H groups in total. The standard InChI is InChI=1S/C8H12N2OS2/c1-5(12)8(11)9-3-7-4-13-6(2)10-7/h4-5,12H,3H2,1-2H3,(H,9,11). The Morgan fingerprint density at radius 1 is 1.85 bits per heavy atom. The number of rotatable bonds is 3. The fourth-order valence-corrected chi connectivity index (χ4v) is 1.52. The van der Waals surface area contributed by atoms with E-state index >= 15 is 0 Å². The minimum atomic E-state index is -0.264. The molecule has 0 radical (unpaired) electrons.